The van der Waals surface area contributed by atoms with E-state index in [1.807, 2.05) is 0 Å². The maximum absolute atomic E-state index is 14.5. The normalized spacial score (nSPS) is 14.3. The van der Waals surface area contributed by atoms with E-state index in [1.54, 1.807) is 41.9 Å². The van der Waals surface area contributed by atoms with E-state index in [0.717, 1.165) is 25.9 Å². The standard InChI is InChI=1S/C25H25FN4O2/c1-16-11-13-30(14-12-16)25-28-23(17-5-8-19(27-2)9-6-17)22(24(31)29(25)3)18-7-10-21(32-4)20(26)15-18/h5-10,15-16H,11-14H2,1,3-4H3. The zero-order valence-electron chi connectivity index (χ0n) is 18.4. The van der Waals surface area contributed by atoms with Crippen molar-refractivity contribution in [2.75, 3.05) is 25.1 Å². The van der Waals surface area contributed by atoms with Gasteiger partial charge in [-0.2, -0.15) is 0 Å². The molecule has 0 spiro atoms. The summed E-state index contributed by atoms with van der Waals surface area (Å²) in [7, 11) is 3.11. The molecule has 3 aromatic rings. The SMILES string of the molecule is [C-]#[N+]c1ccc(-c2nc(N3CCC(C)CC3)n(C)c(=O)c2-c2ccc(OC)c(F)c2)cc1. The maximum atomic E-state index is 14.5. The molecule has 0 amide bonds. The van der Waals surface area contributed by atoms with Crippen LogP contribution in [0.3, 0.4) is 0 Å². The summed E-state index contributed by atoms with van der Waals surface area (Å²) in [6.07, 6.45) is 2.08. The zero-order valence-corrected chi connectivity index (χ0v) is 18.4. The molecule has 6 nitrogen and oxygen atoms in total. The number of rotatable bonds is 4. The number of anilines is 1. The maximum Gasteiger partial charge on any atom is 0.263 e. The van der Waals surface area contributed by atoms with E-state index < -0.39 is 5.82 Å². The van der Waals surface area contributed by atoms with Crippen molar-refractivity contribution < 1.29 is 9.13 Å². The van der Waals surface area contributed by atoms with Crippen molar-refractivity contribution >= 4 is 11.6 Å². The summed E-state index contributed by atoms with van der Waals surface area (Å²) in [6.45, 7) is 11.1. The highest BCUT2D eigenvalue weighted by Gasteiger charge is 2.24. The number of ether oxygens (including phenoxy) is 1. The Labute approximate surface area is 186 Å². The first-order chi connectivity index (χ1) is 15.4. The molecule has 0 atom stereocenters. The lowest BCUT2D eigenvalue weighted by Gasteiger charge is -2.32. The molecule has 2 aromatic carbocycles. The summed E-state index contributed by atoms with van der Waals surface area (Å²) < 4.78 is 21.1. The highest BCUT2D eigenvalue weighted by atomic mass is 19.1. The van der Waals surface area contributed by atoms with E-state index in [1.165, 1.54) is 19.2 Å². The van der Waals surface area contributed by atoms with Crippen LogP contribution in [0.1, 0.15) is 19.8 Å². The van der Waals surface area contributed by atoms with Gasteiger partial charge in [0.05, 0.1) is 24.9 Å². The minimum Gasteiger partial charge on any atom is -0.494 e. The minimum absolute atomic E-state index is 0.112. The highest BCUT2D eigenvalue weighted by Crippen LogP contribution is 2.33. The summed E-state index contributed by atoms with van der Waals surface area (Å²) in [4.78, 5) is 24.1. The fourth-order valence-electron chi connectivity index (χ4n) is 4.07. The summed E-state index contributed by atoms with van der Waals surface area (Å²) in [5.74, 6) is 0.811. The summed E-state index contributed by atoms with van der Waals surface area (Å²) in [5, 5.41) is 0. The van der Waals surface area contributed by atoms with Gasteiger partial charge in [-0.25, -0.2) is 14.2 Å². The monoisotopic (exact) mass is 432 g/mol. The van der Waals surface area contributed by atoms with Crippen LogP contribution >= 0.6 is 0 Å². The van der Waals surface area contributed by atoms with Gasteiger partial charge in [-0.3, -0.25) is 9.36 Å². The molecule has 32 heavy (non-hydrogen) atoms. The number of hydrogen-bond donors (Lipinski definition) is 0. The number of methoxy groups -OCH3 is 1. The van der Waals surface area contributed by atoms with Gasteiger partial charge in [0, 0.05) is 20.1 Å². The van der Waals surface area contributed by atoms with Gasteiger partial charge in [0.1, 0.15) is 0 Å². The molecule has 164 valence electrons. The van der Waals surface area contributed by atoms with Gasteiger partial charge in [0.15, 0.2) is 17.3 Å². The third kappa shape index (κ3) is 3.96. The van der Waals surface area contributed by atoms with Crippen LogP contribution in [-0.4, -0.2) is 29.8 Å². The van der Waals surface area contributed by atoms with Crippen molar-refractivity contribution in [3.8, 4) is 28.1 Å². The van der Waals surface area contributed by atoms with Crippen LogP contribution in [-0.2, 0) is 7.05 Å². The van der Waals surface area contributed by atoms with Crippen molar-refractivity contribution in [3.05, 3.63) is 70.1 Å². The Morgan fingerprint density at radius 3 is 2.38 bits per heavy atom. The van der Waals surface area contributed by atoms with Crippen molar-refractivity contribution in [3.63, 3.8) is 0 Å². The summed E-state index contributed by atoms with van der Waals surface area (Å²) >= 11 is 0. The van der Waals surface area contributed by atoms with Gasteiger partial charge in [0.25, 0.3) is 5.56 Å². The second-order valence-corrected chi connectivity index (χ2v) is 8.18. The van der Waals surface area contributed by atoms with Crippen molar-refractivity contribution in [1.29, 1.82) is 0 Å². The molecule has 0 bridgehead atoms. The van der Waals surface area contributed by atoms with Crippen LogP contribution < -0.4 is 15.2 Å². The van der Waals surface area contributed by atoms with Gasteiger partial charge in [-0.1, -0.05) is 37.3 Å². The lowest BCUT2D eigenvalue weighted by atomic mass is 9.98. The molecule has 0 radical (unpaired) electrons. The van der Waals surface area contributed by atoms with Crippen LogP contribution in [0.25, 0.3) is 27.2 Å². The first kappa shape index (κ1) is 21.6. The molecule has 1 fully saturated rings. The van der Waals surface area contributed by atoms with E-state index in [2.05, 4.69) is 16.7 Å². The first-order valence-corrected chi connectivity index (χ1v) is 10.6. The third-order valence-corrected chi connectivity index (χ3v) is 6.04. The number of benzene rings is 2. The van der Waals surface area contributed by atoms with Crippen LogP contribution in [0.15, 0.2) is 47.3 Å². The predicted molar refractivity (Wildman–Crippen MR) is 124 cm³/mol. The van der Waals surface area contributed by atoms with Crippen LogP contribution in [0.5, 0.6) is 5.75 Å². The lowest BCUT2D eigenvalue weighted by molar-refractivity contribution is 0.386. The Balaban J connectivity index is 1.93. The number of piperidine rings is 1. The molecule has 1 aliphatic rings. The second kappa shape index (κ2) is 8.83. The van der Waals surface area contributed by atoms with E-state index in [9.17, 15) is 9.18 Å². The molecule has 1 aromatic heterocycles. The van der Waals surface area contributed by atoms with E-state index in [-0.39, 0.29) is 11.3 Å². The Hall–Kier alpha value is -3.66. The van der Waals surface area contributed by atoms with Gasteiger partial charge in [-0.05, 0) is 42.0 Å². The molecule has 1 aliphatic heterocycles. The number of aromatic nitrogens is 2. The smallest absolute Gasteiger partial charge is 0.263 e. The highest BCUT2D eigenvalue weighted by molar-refractivity contribution is 5.82. The molecule has 4 rings (SSSR count). The molecule has 7 heteroatoms. The van der Waals surface area contributed by atoms with Crippen LogP contribution in [0.2, 0.25) is 0 Å². The Bertz CT molecular complexity index is 1240. The average molecular weight is 432 g/mol. The third-order valence-electron chi connectivity index (χ3n) is 6.04. The molecule has 0 unspecified atom stereocenters. The molecule has 0 aliphatic carbocycles. The van der Waals surface area contributed by atoms with Gasteiger partial charge in [-0.15, -0.1) is 0 Å². The molecule has 0 N–H and O–H groups in total. The Morgan fingerprint density at radius 1 is 1.12 bits per heavy atom. The summed E-state index contributed by atoms with van der Waals surface area (Å²) in [6, 6.07) is 11.4. The molecule has 2 heterocycles. The Morgan fingerprint density at radius 2 is 1.78 bits per heavy atom. The second-order valence-electron chi connectivity index (χ2n) is 8.18. The largest absolute Gasteiger partial charge is 0.494 e. The fourth-order valence-corrected chi connectivity index (χ4v) is 4.07. The van der Waals surface area contributed by atoms with Gasteiger partial charge >= 0.3 is 0 Å². The molecule has 0 saturated carbocycles. The van der Waals surface area contributed by atoms with E-state index >= 15 is 0 Å². The topological polar surface area (TPSA) is 51.7 Å². The Kier molecular flexibility index (Phi) is 5.95. The number of hydrogen-bond acceptors (Lipinski definition) is 4. The molecule has 1 saturated heterocycles. The van der Waals surface area contributed by atoms with Gasteiger partial charge < -0.3 is 9.64 Å². The van der Waals surface area contributed by atoms with Crippen LogP contribution in [0, 0.1) is 18.3 Å². The molecular formula is C25H25FN4O2. The van der Waals surface area contributed by atoms with E-state index in [0.29, 0.717) is 39.9 Å². The summed E-state index contributed by atoms with van der Waals surface area (Å²) in [5.41, 5.74) is 2.18. The quantitative estimate of drug-likeness (QED) is 0.542. The average Bonchev–Trinajstić information content (AvgIpc) is 2.81. The number of halogens is 1. The minimum atomic E-state index is -0.546. The lowest BCUT2D eigenvalue weighted by Crippen LogP contribution is -2.38. The zero-order chi connectivity index (χ0) is 22.8. The van der Waals surface area contributed by atoms with Crippen molar-refractivity contribution in [2.24, 2.45) is 13.0 Å². The number of nitrogens with zero attached hydrogens (tertiary/aromatic N) is 4. The van der Waals surface area contributed by atoms with Crippen molar-refractivity contribution in [1.82, 2.24) is 9.55 Å². The first-order valence-electron chi connectivity index (χ1n) is 10.6. The van der Waals surface area contributed by atoms with Crippen molar-refractivity contribution in [2.45, 2.75) is 19.8 Å². The van der Waals surface area contributed by atoms with Gasteiger partial charge in [0.2, 0.25) is 5.95 Å². The predicted octanol–water partition coefficient (Wildman–Crippen LogP) is 5.05. The fraction of sp³-hybridized carbons (Fsp3) is 0.320. The van der Waals surface area contributed by atoms with E-state index in [4.69, 9.17) is 16.3 Å². The molecular weight excluding hydrogens is 407 g/mol. The van der Waals surface area contributed by atoms with Crippen LogP contribution in [0.4, 0.5) is 16.0 Å².